The molecular formula is C23H24FN3O. The van der Waals surface area contributed by atoms with Crippen LogP contribution < -0.4 is 0 Å². The molecule has 0 bridgehead atoms. The topological polar surface area (TPSA) is 30.3 Å². The molecule has 0 amide bonds. The van der Waals surface area contributed by atoms with Gasteiger partial charge in [-0.05, 0) is 36.6 Å². The molecule has 1 unspecified atom stereocenters. The van der Waals surface area contributed by atoms with Crippen LogP contribution in [0.3, 0.4) is 0 Å². The van der Waals surface area contributed by atoms with E-state index in [-0.39, 0.29) is 11.4 Å². The molecule has 5 heteroatoms. The first kappa shape index (κ1) is 17.6. The van der Waals surface area contributed by atoms with Gasteiger partial charge in [-0.1, -0.05) is 42.0 Å². The summed E-state index contributed by atoms with van der Waals surface area (Å²) in [6, 6.07) is 15.4. The monoisotopic (exact) mass is 377 g/mol. The second kappa shape index (κ2) is 6.83. The first-order valence-electron chi connectivity index (χ1n) is 9.82. The summed E-state index contributed by atoms with van der Waals surface area (Å²) >= 11 is 0. The number of imidazole rings is 1. The standard InChI is InChI=1S/C23H24FN3O/c1-17-2-6-19(7-3-17)21-12-25-22-14-28-23(16-27(21)22)10-11-26(15-23)13-18-4-8-20(24)9-5-18/h2-9,12H,10-11,13-16H2,1H3. The van der Waals surface area contributed by atoms with E-state index < -0.39 is 0 Å². The normalized spacial score (nSPS) is 21.9. The summed E-state index contributed by atoms with van der Waals surface area (Å²) in [4.78, 5) is 7.00. The van der Waals surface area contributed by atoms with Crippen LogP contribution in [0, 0.1) is 12.7 Å². The van der Waals surface area contributed by atoms with Gasteiger partial charge < -0.3 is 9.30 Å². The SMILES string of the molecule is Cc1ccc(-c2cnc3n2CC2(CCN(Cc4ccc(F)cc4)C2)OC3)cc1. The number of ether oxygens (including phenoxy) is 1. The molecule has 1 spiro atoms. The summed E-state index contributed by atoms with van der Waals surface area (Å²) < 4.78 is 21.8. The Labute approximate surface area is 164 Å². The van der Waals surface area contributed by atoms with Crippen molar-refractivity contribution >= 4 is 0 Å². The zero-order valence-electron chi connectivity index (χ0n) is 16.1. The Balaban J connectivity index is 1.35. The zero-order chi connectivity index (χ0) is 19.1. The highest BCUT2D eigenvalue weighted by atomic mass is 19.1. The van der Waals surface area contributed by atoms with Crippen molar-refractivity contribution in [1.29, 1.82) is 0 Å². The Morgan fingerprint density at radius 2 is 1.86 bits per heavy atom. The van der Waals surface area contributed by atoms with Gasteiger partial charge >= 0.3 is 0 Å². The van der Waals surface area contributed by atoms with E-state index in [1.54, 1.807) is 0 Å². The minimum absolute atomic E-state index is 0.173. The van der Waals surface area contributed by atoms with E-state index in [2.05, 4.69) is 45.6 Å². The predicted octanol–water partition coefficient (Wildman–Crippen LogP) is 4.17. The van der Waals surface area contributed by atoms with Crippen LogP contribution in [0.25, 0.3) is 11.3 Å². The second-order valence-electron chi connectivity index (χ2n) is 8.07. The van der Waals surface area contributed by atoms with Crippen LogP contribution in [0.15, 0.2) is 54.7 Å². The first-order valence-corrected chi connectivity index (χ1v) is 9.82. The molecule has 0 saturated carbocycles. The third kappa shape index (κ3) is 3.25. The summed E-state index contributed by atoms with van der Waals surface area (Å²) in [7, 11) is 0. The number of hydrogen-bond donors (Lipinski definition) is 0. The first-order chi connectivity index (χ1) is 13.6. The van der Waals surface area contributed by atoms with Gasteiger partial charge in [0.15, 0.2) is 0 Å². The number of fused-ring (bicyclic) bond motifs is 1. The number of aryl methyl sites for hydroxylation is 1. The fourth-order valence-electron chi connectivity index (χ4n) is 4.37. The summed E-state index contributed by atoms with van der Waals surface area (Å²) in [5.41, 5.74) is 4.58. The molecule has 1 aromatic heterocycles. The molecule has 4 nitrogen and oxygen atoms in total. The molecule has 28 heavy (non-hydrogen) atoms. The summed E-state index contributed by atoms with van der Waals surface area (Å²) in [6.45, 7) is 6.18. The van der Waals surface area contributed by atoms with Crippen molar-refractivity contribution in [3.8, 4) is 11.3 Å². The average Bonchev–Trinajstić information content (AvgIpc) is 3.29. The van der Waals surface area contributed by atoms with Gasteiger partial charge in [-0.25, -0.2) is 9.37 Å². The maximum Gasteiger partial charge on any atom is 0.135 e. The number of benzene rings is 2. The molecule has 3 aromatic rings. The van der Waals surface area contributed by atoms with Crippen molar-refractivity contribution in [2.45, 2.75) is 38.6 Å². The van der Waals surface area contributed by atoms with Gasteiger partial charge in [-0.3, -0.25) is 4.90 Å². The minimum atomic E-state index is -0.187. The Morgan fingerprint density at radius 3 is 2.64 bits per heavy atom. The number of likely N-dealkylation sites (tertiary alicyclic amines) is 1. The largest absolute Gasteiger partial charge is 0.364 e. The summed E-state index contributed by atoms with van der Waals surface area (Å²) in [6.07, 6.45) is 2.97. The maximum atomic E-state index is 13.2. The van der Waals surface area contributed by atoms with E-state index in [0.29, 0.717) is 6.61 Å². The minimum Gasteiger partial charge on any atom is -0.364 e. The molecule has 1 fully saturated rings. The van der Waals surface area contributed by atoms with Gasteiger partial charge in [0.2, 0.25) is 0 Å². The van der Waals surface area contributed by atoms with Crippen molar-refractivity contribution < 1.29 is 9.13 Å². The van der Waals surface area contributed by atoms with Crippen molar-refractivity contribution in [2.75, 3.05) is 13.1 Å². The van der Waals surface area contributed by atoms with Crippen molar-refractivity contribution in [1.82, 2.24) is 14.5 Å². The van der Waals surface area contributed by atoms with Gasteiger partial charge in [-0.2, -0.15) is 0 Å². The maximum absolute atomic E-state index is 13.2. The highest BCUT2D eigenvalue weighted by molar-refractivity contribution is 5.60. The fourth-order valence-corrected chi connectivity index (χ4v) is 4.37. The van der Waals surface area contributed by atoms with E-state index in [1.807, 2.05) is 18.3 Å². The van der Waals surface area contributed by atoms with Crippen LogP contribution >= 0.6 is 0 Å². The smallest absolute Gasteiger partial charge is 0.135 e. The van der Waals surface area contributed by atoms with Crippen LogP contribution in [0.5, 0.6) is 0 Å². The van der Waals surface area contributed by atoms with Crippen LogP contribution in [-0.4, -0.2) is 33.1 Å². The summed E-state index contributed by atoms with van der Waals surface area (Å²) in [5, 5.41) is 0. The Hall–Kier alpha value is -2.50. The van der Waals surface area contributed by atoms with E-state index >= 15 is 0 Å². The lowest BCUT2D eigenvalue weighted by Gasteiger charge is -2.35. The molecule has 1 atom stereocenters. The third-order valence-corrected chi connectivity index (χ3v) is 5.95. The van der Waals surface area contributed by atoms with Crippen LogP contribution in [0.2, 0.25) is 0 Å². The third-order valence-electron chi connectivity index (χ3n) is 5.95. The quantitative estimate of drug-likeness (QED) is 0.686. The molecule has 2 aliphatic heterocycles. The Kier molecular flexibility index (Phi) is 4.29. The van der Waals surface area contributed by atoms with Crippen molar-refractivity contribution in [3.05, 3.63) is 77.5 Å². The van der Waals surface area contributed by atoms with Crippen LogP contribution in [-0.2, 0) is 24.4 Å². The second-order valence-corrected chi connectivity index (χ2v) is 8.07. The van der Waals surface area contributed by atoms with E-state index in [1.165, 1.54) is 23.3 Å². The predicted molar refractivity (Wildman–Crippen MR) is 106 cm³/mol. The molecule has 2 aliphatic rings. The molecule has 3 heterocycles. The number of halogens is 1. The molecule has 1 saturated heterocycles. The Bertz CT molecular complexity index is 980. The van der Waals surface area contributed by atoms with Gasteiger partial charge in [0.05, 0.1) is 18.4 Å². The van der Waals surface area contributed by atoms with Crippen molar-refractivity contribution in [2.24, 2.45) is 0 Å². The van der Waals surface area contributed by atoms with Crippen LogP contribution in [0.1, 0.15) is 23.4 Å². The van der Waals surface area contributed by atoms with Gasteiger partial charge in [0.25, 0.3) is 0 Å². The molecule has 5 rings (SSSR count). The fraction of sp³-hybridized carbons (Fsp3) is 0.348. The van der Waals surface area contributed by atoms with Crippen molar-refractivity contribution in [3.63, 3.8) is 0 Å². The average molecular weight is 377 g/mol. The molecule has 0 N–H and O–H groups in total. The number of aromatic nitrogens is 2. The molecule has 0 radical (unpaired) electrons. The highest BCUT2D eigenvalue weighted by Gasteiger charge is 2.43. The lowest BCUT2D eigenvalue weighted by atomic mass is 10.0. The lowest BCUT2D eigenvalue weighted by molar-refractivity contribution is -0.0821. The molecule has 0 aliphatic carbocycles. The molecule has 2 aromatic carbocycles. The van der Waals surface area contributed by atoms with E-state index in [0.717, 1.165) is 49.7 Å². The van der Waals surface area contributed by atoms with E-state index in [4.69, 9.17) is 4.74 Å². The van der Waals surface area contributed by atoms with Gasteiger partial charge in [0, 0.05) is 19.6 Å². The summed E-state index contributed by atoms with van der Waals surface area (Å²) in [5.74, 6) is 0.812. The van der Waals surface area contributed by atoms with Crippen LogP contribution in [0.4, 0.5) is 4.39 Å². The highest BCUT2D eigenvalue weighted by Crippen LogP contribution is 2.35. The number of hydrogen-bond acceptors (Lipinski definition) is 3. The zero-order valence-corrected chi connectivity index (χ0v) is 16.1. The molecule has 144 valence electrons. The number of rotatable bonds is 3. The van der Waals surface area contributed by atoms with Gasteiger partial charge in [-0.15, -0.1) is 0 Å². The van der Waals surface area contributed by atoms with E-state index in [9.17, 15) is 4.39 Å². The number of nitrogens with zero attached hydrogens (tertiary/aromatic N) is 3. The van der Waals surface area contributed by atoms with Gasteiger partial charge in [0.1, 0.15) is 23.8 Å². The molecular weight excluding hydrogens is 353 g/mol. The lowest BCUT2D eigenvalue weighted by Crippen LogP contribution is -2.44. The Morgan fingerprint density at radius 1 is 1.07 bits per heavy atom.